The Balaban J connectivity index is 1.46. The summed E-state index contributed by atoms with van der Waals surface area (Å²) < 4.78 is 7.92. The zero-order chi connectivity index (χ0) is 20.3. The molecule has 1 saturated carbocycles. The fraction of sp³-hybridized carbons (Fsp3) is 0.250. The fourth-order valence-electron chi connectivity index (χ4n) is 3.96. The van der Waals surface area contributed by atoms with Crippen LogP contribution in [0.4, 0.5) is 5.82 Å². The van der Waals surface area contributed by atoms with E-state index < -0.39 is 0 Å². The van der Waals surface area contributed by atoms with Crippen molar-refractivity contribution in [3.05, 3.63) is 73.1 Å². The van der Waals surface area contributed by atoms with Gasteiger partial charge >= 0.3 is 0 Å². The first-order valence-electron chi connectivity index (χ1n) is 10.4. The molecule has 0 radical (unpaired) electrons. The molecule has 1 fully saturated rings. The van der Waals surface area contributed by atoms with Crippen LogP contribution in [0.2, 0.25) is 0 Å². The highest BCUT2D eigenvalue weighted by Gasteiger charge is 2.20. The SMILES string of the molecule is OC1CCC(Nc2ccn3ncc(-c4ccccc4Oc4ccccc4)c3n2)CC1. The second-order valence-corrected chi connectivity index (χ2v) is 7.70. The molecule has 0 atom stereocenters. The van der Waals surface area contributed by atoms with E-state index in [-0.39, 0.29) is 6.10 Å². The molecular weight excluding hydrogens is 376 g/mol. The van der Waals surface area contributed by atoms with Crippen molar-refractivity contribution in [2.24, 2.45) is 0 Å². The summed E-state index contributed by atoms with van der Waals surface area (Å²) in [5.74, 6) is 2.38. The quantitative estimate of drug-likeness (QED) is 0.498. The van der Waals surface area contributed by atoms with E-state index in [1.807, 2.05) is 73.1 Å². The summed E-state index contributed by atoms with van der Waals surface area (Å²) in [5.41, 5.74) is 2.64. The van der Waals surface area contributed by atoms with Gasteiger partial charge in [-0.25, -0.2) is 9.50 Å². The maximum atomic E-state index is 9.73. The lowest BCUT2D eigenvalue weighted by Gasteiger charge is -2.26. The van der Waals surface area contributed by atoms with Gasteiger partial charge in [-0.3, -0.25) is 0 Å². The number of para-hydroxylation sites is 2. The van der Waals surface area contributed by atoms with Crippen molar-refractivity contribution >= 4 is 11.5 Å². The first-order valence-corrected chi connectivity index (χ1v) is 10.4. The highest BCUT2D eigenvalue weighted by Crippen LogP contribution is 2.35. The van der Waals surface area contributed by atoms with Crippen molar-refractivity contribution in [2.75, 3.05) is 5.32 Å². The van der Waals surface area contributed by atoms with Crippen molar-refractivity contribution in [2.45, 2.75) is 37.8 Å². The zero-order valence-electron chi connectivity index (χ0n) is 16.6. The van der Waals surface area contributed by atoms with Crippen LogP contribution in [0.1, 0.15) is 25.7 Å². The molecule has 2 heterocycles. The molecule has 4 aromatic rings. The van der Waals surface area contributed by atoms with E-state index in [2.05, 4.69) is 10.4 Å². The molecule has 0 spiro atoms. The lowest BCUT2D eigenvalue weighted by atomic mass is 9.93. The fourth-order valence-corrected chi connectivity index (χ4v) is 3.96. The number of rotatable bonds is 5. The molecule has 2 aromatic heterocycles. The second kappa shape index (κ2) is 8.16. The monoisotopic (exact) mass is 400 g/mol. The average Bonchev–Trinajstić information content (AvgIpc) is 3.20. The predicted molar refractivity (Wildman–Crippen MR) is 117 cm³/mol. The number of aromatic nitrogens is 3. The number of hydrogen-bond donors (Lipinski definition) is 2. The Morgan fingerprint density at radius 1 is 0.900 bits per heavy atom. The van der Waals surface area contributed by atoms with Crippen LogP contribution in [0.3, 0.4) is 0 Å². The normalized spacial score (nSPS) is 19.0. The van der Waals surface area contributed by atoms with Crippen molar-refractivity contribution in [1.29, 1.82) is 0 Å². The summed E-state index contributed by atoms with van der Waals surface area (Å²) in [5, 5.41) is 17.7. The number of fused-ring (bicyclic) bond motifs is 1. The van der Waals surface area contributed by atoms with Crippen LogP contribution in [-0.4, -0.2) is 31.9 Å². The van der Waals surface area contributed by atoms with E-state index in [0.29, 0.717) is 6.04 Å². The Labute approximate surface area is 175 Å². The molecule has 6 heteroatoms. The van der Waals surface area contributed by atoms with Crippen molar-refractivity contribution in [3.63, 3.8) is 0 Å². The summed E-state index contributed by atoms with van der Waals surface area (Å²) >= 11 is 0. The second-order valence-electron chi connectivity index (χ2n) is 7.70. The first kappa shape index (κ1) is 18.6. The van der Waals surface area contributed by atoms with Gasteiger partial charge in [0, 0.05) is 17.8 Å². The van der Waals surface area contributed by atoms with Crippen LogP contribution < -0.4 is 10.1 Å². The van der Waals surface area contributed by atoms with Crippen LogP contribution >= 0.6 is 0 Å². The molecule has 0 bridgehead atoms. The van der Waals surface area contributed by atoms with E-state index in [9.17, 15) is 5.11 Å². The van der Waals surface area contributed by atoms with Gasteiger partial charge in [-0.15, -0.1) is 0 Å². The van der Waals surface area contributed by atoms with Crippen LogP contribution in [0.5, 0.6) is 11.5 Å². The molecule has 2 aromatic carbocycles. The molecule has 1 aliphatic carbocycles. The Hall–Kier alpha value is -3.38. The van der Waals surface area contributed by atoms with Gasteiger partial charge in [-0.1, -0.05) is 36.4 Å². The minimum atomic E-state index is -0.166. The van der Waals surface area contributed by atoms with E-state index in [1.165, 1.54) is 0 Å². The van der Waals surface area contributed by atoms with E-state index in [4.69, 9.17) is 9.72 Å². The van der Waals surface area contributed by atoms with Gasteiger partial charge in [0.05, 0.1) is 17.9 Å². The van der Waals surface area contributed by atoms with Crippen LogP contribution in [0.25, 0.3) is 16.8 Å². The molecule has 30 heavy (non-hydrogen) atoms. The Morgan fingerprint density at radius 3 is 2.50 bits per heavy atom. The predicted octanol–water partition coefficient (Wildman–Crippen LogP) is 4.90. The number of anilines is 1. The average molecular weight is 400 g/mol. The molecule has 6 nitrogen and oxygen atoms in total. The minimum Gasteiger partial charge on any atom is -0.457 e. The number of aliphatic hydroxyl groups excluding tert-OH is 1. The van der Waals surface area contributed by atoms with Gasteiger partial charge in [0.25, 0.3) is 0 Å². The third-order valence-electron chi connectivity index (χ3n) is 5.57. The molecular formula is C24H24N4O2. The summed E-state index contributed by atoms with van der Waals surface area (Å²) in [6.07, 6.45) is 7.16. The summed E-state index contributed by atoms with van der Waals surface area (Å²) in [4.78, 5) is 4.84. The van der Waals surface area contributed by atoms with Crippen LogP contribution in [0, 0.1) is 0 Å². The topological polar surface area (TPSA) is 71.7 Å². The lowest BCUT2D eigenvalue weighted by Crippen LogP contribution is -2.28. The lowest BCUT2D eigenvalue weighted by molar-refractivity contribution is 0.126. The summed E-state index contributed by atoms with van der Waals surface area (Å²) in [6.45, 7) is 0. The zero-order valence-corrected chi connectivity index (χ0v) is 16.6. The van der Waals surface area contributed by atoms with Gasteiger partial charge in [0.15, 0.2) is 5.65 Å². The van der Waals surface area contributed by atoms with Crippen molar-refractivity contribution < 1.29 is 9.84 Å². The Kier molecular flexibility index (Phi) is 5.07. The number of nitrogens with one attached hydrogen (secondary N) is 1. The van der Waals surface area contributed by atoms with Crippen LogP contribution in [0.15, 0.2) is 73.1 Å². The number of benzene rings is 2. The summed E-state index contributed by atoms with van der Waals surface area (Å²) in [6, 6.07) is 20.0. The molecule has 0 amide bonds. The number of aliphatic hydroxyl groups is 1. The standard InChI is InChI=1S/C24H24N4O2/c29-18-12-10-17(11-13-18)26-23-14-15-28-24(27-23)21(16-25-28)20-8-4-5-9-22(20)30-19-6-2-1-3-7-19/h1-9,14-18,29H,10-13H2,(H,26,27). The molecule has 5 rings (SSSR count). The van der Waals surface area contributed by atoms with Crippen molar-refractivity contribution in [3.8, 4) is 22.6 Å². The highest BCUT2D eigenvalue weighted by atomic mass is 16.5. The third kappa shape index (κ3) is 3.86. The first-order chi connectivity index (χ1) is 14.8. The van der Waals surface area contributed by atoms with E-state index >= 15 is 0 Å². The van der Waals surface area contributed by atoms with Crippen molar-refractivity contribution in [1.82, 2.24) is 14.6 Å². The van der Waals surface area contributed by atoms with E-state index in [0.717, 1.165) is 59.8 Å². The number of hydrogen-bond acceptors (Lipinski definition) is 5. The van der Waals surface area contributed by atoms with E-state index in [1.54, 1.807) is 4.52 Å². The molecule has 1 aliphatic rings. The van der Waals surface area contributed by atoms with Crippen LogP contribution in [-0.2, 0) is 0 Å². The highest BCUT2D eigenvalue weighted by molar-refractivity contribution is 5.81. The van der Waals surface area contributed by atoms with Gasteiger partial charge in [-0.2, -0.15) is 5.10 Å². The third-order valence-corrected chi connectivity index (χ3v) is 5.57. The maximum absolute atomic E-state index is 9.73. The van der Waals surface area contributed by atoms with Gasteiger partial charge in [-0.05, 0) is 49.9 Å². The van der Waals surface area contributed by atoms with Gasteiger partial charge in [0.1, 0.15) is 17.3 Å². The van der Waals surface area contributed by atoms with Gasteiger partial charge < -0.3 is 15.2 Å². The molecule has 0 saturated heterocycles. The Morgan fingerprint density at radius 2 is 1.67 bits per heavy atom. The molecule has 0 unspecified atom stereocenters. The maximum Gasteiger partial charge on any atom is 0.165 e. The Bertz CT molecular complexity index is 1130. The molecule has 0 aliphatic heterocycles. The number of nitrogens with zero attached hydrogens (tertiary/aromatic N) is 3. The minimum absolute atomic E-state index is 0.166. The molecule has 2 N–H and O–H groups in total. The number of ether oxygens (including phenoxy) is 1. The smallest absolute Gasteiger partial charge is 0.165 e. The van der Waals surface area contributed by atoms with Gasteiger partial charge in [0.2, 0.25) is 0 Å². The largest absolute Gasteiger partial charge is 0.457 e. The summed E-state index contributed by atoms with van der Waals surface area (Å²) in [7, 11) is 0. The molecule has 152 valence electrons.